The molecule has 0 aliphatic carbocycles. The second-order valence-corrected chi connectivity index (χ2v) is 21.7. The molecule has 14 aromatic rings. The van der Waals surface area contributed by atoms with Gasteiger partial charge in [-0.2, -0.15) is 0 Å². The molecule has 0 aliphatic heterocycles. The van der Waals surface area contributed by atoms with Gasteiger partial charge in [-0.25, -0.2) is 0 Å². The standard InChI is InChI=1S/C70H58N2O4/c1-3-5-7-9-11-25-35-71-67(73)63-57-49-37-41-27-17-13-21-31-45(41)53(49)55-47-33-23-15-19-29-43(47)39-51(55)59(57)65-62-61(63)64(68(71)74)58-50-38-42-28-18-14-22-32-46(42)54(50)56-48-34-24-16-20-30-44(48)40-52(56)60(58)66(62)70(76)72(69(65)75)36-26-12-10-8-6-4-2/h13-24,27-34,37-40H,3-12,25-26,35-36H2,1-2H3. The number of pyridine rings is 2. The van der Waals surface area contributed by atoms with Crippen LogP contribution in [0.3, 0.4) is 0 Å². The molecule has 0 aliphatic rings. The fourth-order valence-electron chi connectivity index (χ4n) is 13.9. The molecular formula is C70H58N2O4. The van der Waals surface area contributed by atoms with Gasteiger partial charge in [-0.1, -0.05) is 199 Å². The van der Waals surface area contributed by atoms with Crippen LogP contribution in [0, 0.1) is 0 Å². The van der Waals surface area contributed by atoms with Gasteiger partial charge in [0.25, 0.3) is 22.2 Å². The molecule has 2 heterocycles. The molecule has 0 N–H and O–H groups in total. The zero-order valence-electron chi connectivity index (χ0n) is 43.3. The van der Waals surface area contributed by atoms with Crippen LogP contribution in [0.5, 0.6) is 0 Å². The Balaban J connectivity index is 1.31. The smallest absolute Gasteiger partial charge is 0.262 e. The molecule has 6 nitrogen and oxygen atoms in total. The molecule has 0 unspecified atom stereocenters. The van der Waals surface area contributed by atoms with Crippen molar-refractivity contribution >= 4 is 140 Å². The topological polar surface area (TPSA) is 78.1 Å². The number of hydrogen-bond acceptors (Lipinski definition) is 4. The fourth-order valence-corrected chi connectivity index (χ4v) is 13.9. The molecule has 0 saturated heterocycles. The number of aromatic nitrogens is 2. The van der Waals surface area contributed by atoms with Gasteiger partial charge < -0.3 is 0 Å². The highest BCUT2D eigenvalue weighted by Gasteiger charge is 2.33. The molecule has 12 aromatic carbocycles. The van der Waals surface area contributed by atoms with Crippen LogP contribution >= 0.6 is 0 Å². The van der Waals surface area contributed by atoms with Crippen LogP contribution in [0.1, 0.15) is 90.9 Å². The van der Waals surface area contributed by atoms with Gasteiger partial charge in [0, 0.05) is 45.4 Å². The largest absolute Gasteiger partial charge is 0.274 e. The Kier molecular flexibility index (Phi) is 11.1. The quantitative estimate of drug-likeness (QED) is 0.0618. The molecule has 6 heteroatoms. The molecule has 0 spiro atoms. The third-order valence-electron chi connectivity index (χ3n) is 17.3. The van der Waals surface area contributed by atoms with E-state index in [4.69, 9.17) is 0 Å². The van der Waals surface area contributed by atoms with Gasteiger partial charge in [-0.05, 0) is 123 Å². The number of rotatable bonds is 14. The molecule has 0 amide bonds. The lowest BCUT2D eigenvalue weighted by Crippen LogP contribution is -2.36. The Bertz CT molecular complexity index is 4400. The molecule has 76 heavy (non-hydrogen) atoms. The number of hydrogen-bond donors (Lipinski definition) is 0. The van der Waals surface area contributed by atoms with Crippen LogP contribution in [0.4, 0.5) is 0 Å². The van der Waals surface area contributed by atoms with Gasteiger partial charge in [0.05, 0.1) is 21.5 Å². The van der Waals surface area contributed by atoms with Crippen molar-refractivity contribution in [2.75, 3.05) is 0 Å². The molecule has 2 aromatic heterocycles. The van der Waals surface area contributed by atoms with Crippen LogP contribution in [0.2, 0.25) is 0 Å². The first-order chi connectivity index (χ1) is 37.4. The van der Waals surface area contributed by atoms with Crippen LogP contribution < -0.4 is 22.2 Å². The van der Waals surface area contributed by atoms with Gasteiger partial charge in [0.1, 0.15) is 0 Å². The number of nitrogens with zero attached hydrogens (tertiary/aromatic N) is 2. The second kappa shape index (κ2) is 18.3. The Morgan fingerprint density at radius 3 is 0.776 bits per heavy atom. The normalized spacial score (nSPS) is 12.5. The molecule has 0 fully saturated rings. The first-order valence-corrected chi connectivity index (χ1v) is 28.0. The molecule has 14 rings (SSSR count). The van der Waals surface area contributed by atoms with Crippen LogP contribution in [-0.4, -0.2) is 9.13 Å². The number of fused-ring (bicyclic) bond motifs is 24. The lowest BCUT2D eigenvalue weighted by Gasteiger charge is -2.21. The predicted octanol–water partition coefficient (Wildman–Crippen LogP) is 17.3. The fraction of sp³-hybridized carbons (Fsp3) is 0.229. The molecular weight excluding hydrogens is 933 g/mol. The highest BCUT2D eigenvalue weighted by Crippen LogP contribution is 2.53. The van der Waals surface area contributed by atoms with E-state index in [9.17, 15) is 0 Å². The Morgan fingerprint density at radius 1 is 0.250 bits per heavy atom. The second-order valence-electron chi connectivity index (χ2n) is 21.7. The van der Waals surface area contributed by atoms with Crippen LogP contribution in [0.15, 0.2) is 165 Å². The van der Waals surface area contributed by atoms with Crippen molar-refractivity contribution in [3.8, 4) is 0 Å². The maximum absolute atomic E-state index is 16.3. The van der Waals surface area contributed by atoms with E-state index < -0.39 is 0 Å². The summed E-state index contributed by atoms with van der Waals surface area (Å²) in [5, 5.41) is 20.8. The molecule has 372 valence electrons. The summed E-state index contributed by atoms with van der Waals surface area (Å²) in [6, 6.07) is 50.5. The highest BCUT2D eigenvalue weighted by atomic mass is 16.2. The van der Waals surface area contributed by atoms with Crippen molar-refractivity contribution in [1.82, 2.24) is 9.13 Å². The minimum absolute atomic E-state index is 0.253. The third kappa shape index (κ3) is 6.65. The van der Waals surface area contributed by atoms with E-state index in [2.05, 4.69) is 111 Å². The van der Waals surface area contributed by atoms with Crippen molar-refractivity contribution in [2.45, 2.75) is 104 Å². The third-order valence-corrected chi connectivity index (χ3v) is 17.3. The van der Waals surface area contributed by atoms with Gasteiger partial charge in [0.2, 0.25) is 0 Å². The van der Waals surface area contributed by atoms with Crippen molar-refractivity contribution in [2.24, 2.45) is 0 Å². The van der Waals surface area contributed by atoms with Crippen LogP contribution in [0.25, 0.3) is 140 Å². The molecule has 0 bridgehead atoms. The monoisotopic (exact) mass is 990 g/mol. The maximum Gasteiger partial charge on any atom is 0.262 e. The summed E-state index contributed by atoms with van der Waals surface area (Å²) in [5.41, 5.74) is -1.48. The minimum Gasteiger partial charge on any atom is -0.274 e. The van der Waals surface area contributed by atoms with E-state index in [0.29, 0.717) is 66.7 Å². The van der Waals surface area contributed by atoms with E-state index in [1.807, 2.05) is 48.5 Å². The first kappa shape index (κ1) is 46.3. The minimum atomic E-state index is -0.371. The van der Waals surface area contributed by atoms with E-state index in [1.165, 1.54) is 9.13 Å². The lowest BCUT2D eigenvalue weighted by molar-refractivity contribution is 0.545. The lowest BCUT2D eigenvalue weighted by atomic mass is 9.83. The summed E-state index contributed by atoms with van der Waals surface area (Å²) in [6.45, 7) is 4.92. The van der Waals surface area contributed by atoms with Crippen molar-refractivity contribution in [3.63, 3.8) is 0 Å². The van der Waals surface area contributed by atoms with E-state index in [-0.39, 0.29) is 35.3 Å². The summed E-state index contributed by atoms with van der Waals surface area (Å²) < 4.78 is 3.05. The van der Waals surface area contributed by atoms with Gasteiger partial charge >= 0.3 is 0 Å². The van der Waals surface area contributed by atoms with Gasteiger partial charge in [-0.3, -0.25) is 28.3 Å². The highest BCUT2D eigenvalue weighted by molar-refractivity contribution is 6.53. The maximum atomic E-state index is 16.3. The SMILES string of the molecule is CCCCCCCCn1c(=O)c2c3c4cc5cccccc5c4c4c5cccccc5cc4c3c3c(=O)n(CCCCCCCC)c(=O)c4c5c6cc7cccccc7c6c6c7cccccc7cc6c5c(c1=O)c2c34. The zero-order valence-corrected chi connectivity index (χ0v) is 43.3. The van der Waals surface area contributed by atoms with Crippen molar-refractivity contribution < 1.29 is 0 Å². The number of unbranched alkanes of at least 4 members (excludes halogenated alkanes) is 10. The van der Waals surface area contributed by atoms with Crippen molar-refractivity contribution in [1.29, 1.82) is 0 Å². The summed E-state index contributed by atoms with van der Waals surface area (Å²) in [4.78, 5) is 65.3. The summed E-state index contributed by atoms with van der Waals surface area (Å²) in [7, 11) is 0. The Hall–Kier alpha value is -8.22. The van der Waals surface area contributed by atoms with E-state index in [1.54, 1.807) is 0 Å². The molecule has 0 radical (unpaired) electrons. The van der Waals surface area contributed by atoms with E-state index in [0.717, 1.165) is 150 Å². The Morgan fingerprint density at radius 2 is 0.500 bits per heavy atom. The van der Waals surface area contributed by atoms with E-state index >= 15 is 19.2 Å². The first-order valence-electron chi connectivity index (χ1n) is 28.0. The summed E-state index contributed by atoms with van der Waals surface area (Å²) in [5.74, 6) is 0. The predicted molar refractivity (Wildman–Crippen MR) is 324 cm³/mol. The number of benzene rings is 4. The van der Waals surface area contributed by atoms with Crippen LogP contribution in [-0.2, 0) is 13.1 Å². The summed E-state index contributed by atoms with van der Waals surface area (Å²) in [6.07, 6.45) is 11.9. The molecule has 0 saturated carbocycles. The average Bonchev–Trinajstić information content (AvgIpc) is 3.67. The summed E-state index contributed by atoms with van der Waals surface area (Å²) >= 11 is 0. The molecule has 0 atom stereocenters. The zero-order chi connectivity index (χ0) is 51.3. The van der Waals surface area contributed by atoms with Gasteiger partial charge in [0.15, 0.2) is 0 Å². The van der Waals surface area contributed by atoms with Gasteiger partial charge in [-0.15, -0.1) is 0 Å². The Labute approximate surface area is 438 Å². The average molecular weight is 991 g/mol. The van der Waals surface area contributed by atoms with Crippen molar-refractivity contribution in [3.05, 3.63) is 187 Å².